The molecule has 8 nitrogen and oxygen atoms in total. The van der Waals surface area contributed by atoms with E-state index < -0.39 is 24.8 Å². The van der Waals surface area contributed by atoms with Crippen LogP contribution < -0.4 is 9.80 Å². The molecule has 1 N–H and O–H groups in total. The first-order valence-corrected chi connectivity index (χ1v) is 7.58. The van der Waals surface area contributed by atoms with Gasteiger partial charge >= 0.3 is 12.1 Å². The predicted octanol–water partition coefficient (Wildman–Crippen LogP) is 0.455. The fourth-order valence-electron chi connectivity index (χ4n) is 3.17. The van der Waals surface area contributed by atoms with Crippen LogP contribution in [0.5, 0.6) is 0 Å². The Balaban J connectivity index is 1.86. The van der Waals surface area contributed by atoms with Gasteiger partial charge < -0.3 is 19.5 Å². The molecule has 0 bridgehead atoms. The Morgan fingerprint density at radius 1 is 1.42 bits per heavy atom. The van der Waals surface area contributed by atoms with Gasteiger partial charge in [0.15, 0.2) is 0 Å². The molecule has 1 fully saturated rings. The maximum Gasteiger partial charge on any atom is 0.415 e. The molecule has 128 valence electrons. The van der Waals surface area contributed by atoms with E-state index in [0.717, 1.165) is 11.3 Å². The number of aliphatic hydroxyl groups excluding tert-OH is 1. The Morgan fingerprint density at radius 2 is 2.17 bits per heavy atom. The van der Waals surface area contributed by atoms with Gasteiger partial charge in [0.2, 0.25) is 6.10 Å². The molecule has 2 aliphatic heterocycles. The van der Waals surface area contributed by atoms with E-state index in [-0.39, 0.29) is 18.5 Å². The van der Waals surface area contributed by atoms with Crippen molar-refractivity contribution in [1.82, 2.24) is 0 Å². The van der Waals surface area contributed by atoms with Crippen LogP contribution in [0.25, 0.3) is 0 Å². The second-order valence-corrected chi connectivity index (χ2v) is 5.79. The van der Waals surface area contributed by atoms with E-state index in [1.54, 1.807) is 23.1 Å². The van der Waals surface area contributed by atoms with Gasteiger partial charge in [0.1, 0.15) is 6.61 Å². The Labute approximate surface area is 138 Å². The molecule has 8 heteroatoms. The summed E-state index contributed by atoms with van der Waals surface area (Å²) in [7, 11) is 1.24. The topological polar surface area (TPSA) is 96.4 Å². The lowest BCUT2D eigenvalue weighted by molar-refractivity contribution is -0.148. The molecule has 0 unspecified atom stereocenters. The van der Waals surface area contributed by atoms with Gasteiger partial charge in [0, 0.05) is 17.4 Å². The Bertz CT molecular complexity index is 704. The van der Waals surface area contributed by atoms with E-state index in [9.17, 15) is 14.4 Å². The molecule has 0 saturated carbocycles. The average Bonchev–Trinajstić information content (AvgIpc) is 3.12. The highest BCUT2D eigenvalue weighted by atomic mass is 16.6. The Kier molecular flexibility index (Phi) is 4.15. The number of hydrogen-bond donors (Lipinski definition) is 1. The molecule has 1 aromatic carbocycles. The summed E-state index contributed by atoms with van der Waals surface area (Å²) in [5.41, 5.74) is 2.22. The highest BCUT2D eigenvalue weighted by molar-refractivity contribution is 5.98. The van der Waals surface area contributed by atoms with E-state index in [0.29, 0.717) is 12.1 Å². The largest absolute Gasteiger partial charge is 0.466 e. The molecule has 24 heavy (non-hydrogen) atoms. The quantitative estimate of drug-likeness (QED) is 0.807. The van der Waals surface area contributed by atoms with Gasteiger partial charge in [-0.3, -0.25) is 9.69 Å². The number of rotatable bonds is 3. The first-order chi connectivity index (χ1) is 11.5. The number of aliphatic hydroxyl groups is 1. The number of cyclic esters (lactones) is 1. The summed E-state index contributed by atoms with van der Waals surface area (Å²) in [6, 6.07) is 5.16. The number of amides is 2. The van der Waals surface area contributed by atoms with Crippen molar-refractivity contribution in [3.05, 3.63) is 23.8 Å². The fourth-order valence-corrected chi connectivity index (χ4v) is 3.17. The van der Waals surface area contributed by atoms with Crippen LogP contribution >= 0.6 is 0 Å². The van der Waals surface area contributed by atoms with Crippen molar-refractivity contribution < 1.29 is 29.0 Å². The van der Waals surface area contributed by atoms with Gasteiger partial charge in [-0.05, 0) is 37.1 Å². The van der Waals surface area contributed by atoms with Crippen LogP contribution in [0, 0.1) is 0 Å². The molecule has 0 radical (unpaired) electrons. The minimum atomic E-state index is -0.942. The predicted molar refractivity (Wildman–Crippen MR) is 83.8 cm³/mol. The van der Waals surface area contributed by atoms with Crippen molar-refractivity contribution in [2.24, 2.45) is 0 Å². The van der Waals surface area contributed by atoms with Crippen molar-refractivity contribution in [1.29, 1.82) is 0 Å². The van der Waals surface area contributed by atoms with Gasteiger partial charge in [-0.2, -0.15) is 0 Å². The highest BCUT2D eigenvalue weighted by Crippen LogP contribution is 2.36. The molecule has 2 heterocycles. The molecular weight excluding hydrogens is 316 g/mol. The van der Waals surface area contributed by atoms with Gasteiger partial charge in [0.25, 0.3) is 5.91 Å². The standard InChI is InChI=1S/C16H18N2O6/c1-9-5-10-6-11(3-4-12(10)18(9)14(20)8-19)17-7-13(15(21)23-2)24-16(17)22/h3-4,6,9,13,19H,5,7-8H2,1-2H3/t9-,13-/m1/s1. The molecular formula is C16H18N2O6. The van der Waals surface area contributed by atoms with Crippen LogP contribution in [0.4, 0.5) is 16.2 Å². The number of esters is 1. The molecule has 2 aliphatic rings. The molecule has 1 aromatic rings. The number of ether oxygens (including phenoxy) is 2. The Morgan fingerprint density at radius 3 is 2.83 bits per heavy atom. The summed E-state index contributed by atoms with van der Waals surface area (Å²) in [6.07, 6.45) is -0.931. The SMILES string of the molecule is COC(=O)[C@H]1CN(c2ccc3c(c2)C[C@@H](C)N3C(=O)CO)C(=O)O1. The zero-order valence-corrected chi connectivity index (χ0v) is 13.4. The Hall–Kier alpha value is -2.61. The van der Waals surface area contributed by atoms with E-state index in [4.69, 9.17) is 9.84 Å². The minimum absolute atomic E-state index is 0.0664. The average molecular weight is 334 g/mol. The van der Waals surface area contributed by atoms with E-state index in [1.807, 2.05) is 6.92 Å². The summed E-state index contributed by atoms with van der Waals surface area (Å²) in [5.74, 6) is -0.958. The first kappa shape index (κ1) is 16.3. The molecule has 0 aromatic heterocycles. The molecule has 0 aliphatic carbocycles. The van der Waals surface area contributed by atoms with Crippen LogP contribution in [0.1, 0.15) is 12.5 Å². The number of fused-ring (bicyclic) bond motifs is 1. The highest BCUT2D eigenvalue weighted by Gasteiger charge is 2.38. The summed E-state index contributed by atoms with van der Waals surface area (Å²) in [6.45, 7) is 1.43. The van der Waals surface area contributed by atoms with Crippen molar-refractivity contribution in [3.63, 3.8) is 0 Å². The lowest BCUT2D eigenvalue weighted by Crippen LogP contribution is -2.37. The fraction of sp³-hybridized carbons (Fsp3) is 0.438. The van der Waals surface area contributed by atoms with Crippen molar-refractivity contribution in [3.8, 4) is 0 Å². The zero-order chi connectivity index (χ0) is 17.4. The molecule has 0 spiro atoms. The third-order valence-corrected chi connectivity index (χ3v) is 4.27. The first-order valence-electron chi connectivity index (χ1n) is 7.58. The number of benzene rings is 1. The van der Waals surface area contributed by atoms with Crippen LogP contribution in [-0.4, -0.2) is 55.5 Å². The number of methoxy groups -OCH3 is 1. The minimum Gasteiger partial charge on any atom is -0.466 e. The summed E-state index contributed by atoms with van der Waals surface area (Å²) < 4.78 is 9.61. The maximum atomic E-state index is 12.0. The number of carbonyl (C=O) groups excluding carboxylic acids is 3. The second-order valence-electron chi connectivity index (χ2n) is 5.79. The lowest BCUT2D eigenvalue weighted by atomic mass is 10.1. The van der Waals surface area contributed by atoms with Crippen LogP contribution in [0.2, 0.25) is 0 Å². The van der Waals surface area contributed by atoms with Gasteiger partial charge in [0.05, 0.1) is 13.7 Å². The summed E-state index contributed by atoms with van der Waals surface area (Å²) in [4.78, 5) is 38.3. The third kappa shape index (κ3) is 2.58. The van der Waals surface area contributed by atoms with Crippen LogP contribution in [0.15, 0.2) is 18.2 Å². The zero-order valence-electron chi connectivity index (χ0n) is 13.4. The summed E-state index contributed by atoms with van der Waals surface area (Å²) in [5, 5.41) is 9.10. The van der Waals surface area contributed by atoms with E-state index >= 15 is 0 Å². The van der Waals surface area contributed by atoms with Crippen molar-refractivity contribution in [2.75, 3.05) is 30.1 Å². The number of anilines is 2. The molecule has 2 amide bonds. The van der Waals surface area contributed by atoms with Crippen LogP contribution in [-0.2, 0) is 25.5 Å². The maximum absolute atomic E-state index is 12.0. The van der Waals surface area contributed by atoms with Gasteiger partial charge in [-0.15, -0.1) is 0 Å². The van der Waals surface area contributed by atoms with Crippen LogP contribution in [0.3, 0.4) is 0 Å². The second kappa shape index (κ2) is 6.12. The third-order valence-electron chi connectivity index (χ3n) is 4.27. The van der Waals surface area contributed by atoms with Gasteiger partial charge in [-0.1, -0.05) is 0 Å². The van der Waals surface area contributed by atoms with Gasteiger partial charge in [-0.25, -0.2) is 9.59 Å². The van der Waals surface area contributed by atoms with Crippen molar-refractivity contribution >= 4 is 29.3 Å². The number of carbonyl (C=O) groups is 3. The van der Waals surface area contributed by atoms with E-state index in [2.05, 4.69) is 4.74 Å². The smallest absolute Gasteiger partial charge is 0.415 e. The molecule has 3 rings (SSSR count). The van der Waals surface area contributed by atoms with Crippen molar-refractivity contribution in [2.45, 2.75) is 25.5 Å². The lowest BCUT2D eigenvalue weighted by Gasteiger charge is -2.22. The number of nitrogens with zero attached hydrogens (tertiary/aromatic N) is 2. The monoisotopic (exact) mass is 334 g/mol. The summed E-state index contributed by atoms with van der Waals surface area (Å²) >= 11 is 0. The number of hydrogen-bond acceptors (Lipinski definition) is 6. The normalized spacial score (nSPS) is 22.4. The van der Waals surface area contributed by atoms with E-state index in [1.165, 1.54) is 12.0 Å². The molecule has 1 saturated heterocycles. The molecule has 2 atom stereocenters.